The Morgan fingerprint density at radius 1 is 1.32 bits per heavy atom. The number of hydrogen-bond acceptors (Lipinski definition) is 4. The number of carbonyl (C=O) groups excluding carboxylic acids is 2. The Morgan fingerprint density at radius 2 is 2.18 bits per heavy atom. The van der Waals surface area contributed by atoms with Gasteiger partial charge in [0.15, 0.2) is 0 Å². The topological polar surface area (TPSA) is 70.7 Å². The Morgan fingerprint density at radius 3 is 2.91 bits per heavy atom. The molecule has 0 aromatic heterocycles. The monoisotopic (exact) mass is 311 g/mol. The van der Waals surface area contributed by atoms with Crippen LogP contribution in [-0.2, 0) is 14.3 Å². The molecule has 0 bridgehead atoms. The zero-order chi connectivity index (χ0) is 15.8. The molecule has 2 fully saturated rings. The molecule has 6 heteroatoms. The van der Waals surface area contributed by atoms with E-state index in [1.807, 2.05) is 4.90 Å². The zero-order valence-corrected chi connectivity index (χ0v) is 13.6. The second-order valence-electron chi connectivity index (χ2n) is 6.34. The van der Waals surface area contributed by atoms with E-state index in [9.17, 15) is 9.59 Å². The number of carbonyl (C=O) groups is 2. The fourth-order valence-electron chi connectivity index (χ4n) is 3.26. The molecule has 2 unspecified atom stereocenters. The van der Waals surface area contributed by atoms with Crippen molar-refractivity contribution < 1.29 is 14.3 Å². The van der Waals surface area contributed by atoms with Crippen LogP contribution >= 0.6 is 0 Å². The summed E-state index contributed by atoms with van der Waals surface area (Å²) >= 11 is 0. The summed E-state index contributed by atoms with van der Waals surface area (Å²) < 4.78 is 4.99. The van der Waals surface area contributed by atoms with E-state index in [0.29, 0.717) is 25.5 Å². The number of nitrogens with one attached hydrogen (secondary N) is 2. The molecule has 2 heterocycles. The number of rotatable bonds is 7. The van der Waals surface area contributed by atoms with Crippen LogP contribution in [-0.4, -0.2) is 62.7 Å². The lowest BCUT2D eigenvalue weighted by atomic mass is 9.97. The van der Waals surface area contributed by atoms with Crippen LogP contribution < -0.4 is 10.6 Å². The SMILES string of the molecule is COCCCC(=O)N1CCCC(CNC(=O)C2CCCN2)C1. The number of hydrogen-bond donors (Lipinski definition) is 2. The molecule has 2 aliphatic rings. The Bertz CT molecular complexity index is 370. The van der Waals surface area contributed by atoms with Crippen LogP contribution in [0.1, 0.15) is 38.5 Å². The van der Waals surface area contributed by atoms with Crippen molar-refractivity contribution in [1.82, 2.24) is 15.5 Å². The average Bonchev–Trinajstić information content (AvgIpc) is 3.07. The predicted molar refractivity (Wildman–Crippen MR) is 84.4 cm³/mol. The van der Waals surface area contributed by atoms with Crippen molar-refractivity contribution in [1.29, 1.82) is 0 Å². The van der Waals surface area contributed by atoms with E-state index in [1.54, 1.807) is 7.11 Å². The summed E-state index contributed by atoms with van der Waals surface area (Å²) in [5, 5.41) is 6.26. The van der Waals surface area contributed by atoms with E-state index in [-0.39, 0.29) is 17.9 Å². The number of ether oxygens (including phenoxy) is 1. The Hall–Kier alpha value is -1.14. The largest absolute Gasteiger partial charge is 0.385 e. The average molecular weight is 311 g/mol. The smallest absolute Gasteiger partial charge is 0.237 e. The molecule has 22 heavy (non-hydrogen) atoms. The van der Waals surface area contributed by atoms with Gasteiger partial charge in [-0.3, -0.25) is 9.59 Å². The van der Waals surface area contributed by atoms with Crippen molar-refractivity contribution in [3.05, 3.63) is 0 Å². The maximum Gasteiger partial charge on any atom is 0.237 e. The Labute approximate surface area is 132 Å². The lowest BCUT2D eigenvalue weighted by Gasteiger charge is -2.33. The van der Waals surface area contributed by atoms with Gasteiger partial charge < -0.3 is 20.3 Å². The van der Waals surface area contributed by atoms with E-state index in [1.165, 1.54) is 0 Å². The molecular formula is C16H29N3O3. The van der Waals surface area contributed by atoms with Gasteiger partial charge in [0.1, 0.15) is 0 Å². The molecule has 2 aliphatic heterocycles. The van der Waals surface area contributed by atoms with Gasteiger partial charge in [0.05, 0.1) is 6.04 Å². The van der Waals surface area contributed by atoms with E-state index >= 15 is 0 Å². The first-order chi connectivity index (χ1) is 10.7. The van der Waals surface area contributed by atoms with Crippen LogP contribution in [0.25, 0.3) is 0 Å². The fourth-order valence-corrected chi connectivity index (χ4v) is 3.26. The minimum absolute atomic E-state index is 0.0182. The van der Waals surface area contributed by atoms with Gasteiger partial charge in [-0.15, -0.1) is 0 Å². The molecule has 2 amide bonds. The number of methoxy groups -OCH3 is 1. The second-order valence-corrected chi connectivity index (χ2v) is 6.34. The van der Waals surface area contributed by atoms with Crippen molar-refractivity contribution in [2.45, 2.75) is 44.6 Å². The minimum atomic E-state index is -0.0182. The molecule has 2 rings (SSSR count). The highest BCUT2D eigenvalue weighted by molar-refractivity contribution is 5.82. The summed E-state index contributed by atoms with van der Waals surface area (Å²) in [6.45, 7) is 3.86. The predicted octanol–water partition coefficient (Wildman–Crippen LogP) is 0.520. The molecule has 0 spiro atoms. The Kier molecular flexibility index (Phi) is 7.12. The molecule has 0 radical (unpaired) electrons. The highest BCUT2D eigenvalue weighted by Crippen LogP contribution is 2.17. The van der Waals surface area contributed by atoms with Gasteiger partial charge >= 0.3 is 0 Å². The van der Waals surface area contributed by atoms with Gasteiger partial charge in [-0.05, 0) is 44.6 Å². The van der Waals surface area contributed by atoms with Crippen LogP contribution in [0.3, 0.4) is 0 Å². The second kappa shape index (κ2) is 9.10. The molecule has 0 aromatic rings. The molecule has 6 nitrogen and oxygen atoms in total. The molecule has 2 saturated heterocycles. The summed E-state index contributed by atoms with van der Waals surface area (Å²) in [4.78, 5) is 26.1. The summed E-state index contributed by atoms with van der Waals surface area (Å²) in [6, 6.07) is -0.0182. The highest BCUT2D eigenvalue weighted by Gasteiger charge is 2.26. The first-order valence-electron chi connectivity index (χ1n) is 8.48. The Balaban J connectivity index is 1.68. The fraction of sp³-hybridized carbons (Fsp3) is 0.875. The van der Waals surface area contributed by atoms with Crippen molar-refractivity contribution in [2.75, 3.05) is 39.9 Å². The first kappa shape index (κ1) is 17.2. The van der Waals surface area contributed by atoms with Crippen molar-refractivity contribution in [3.63, 3.8) is 0 Å². The molecule has 126 valence electrons. The van der Waals surface area contributed by atoms with Gasteiger partial charge in [-0.1, -0.05) is 0 Å². The number of piperidine rings is 1. The summed E-state index contributed by atoms with van der Waals surface area (Å²) in [5.41, 5.74) is 0. The quantitative estimate of drug-likeness (QED) is 0.673. The van der Waals surface area contributed by atoms with Gasteiger partial charge in [-0.2, -0.15) is 0 Å². The number of likely N-dealkylation sites (tertiary alicyclic amines) is 1. The van der Waals surface area contributed by atoms with Crippen molar-refractivity contribution in [2.24, 2.45) is 5.92 Å². The number of nitrogens with zero attached hydrogens (tertiary/aromatic N) is 1. The first-order valence-corrected chi connectivity index (χ1v) is 8.48. The highest BCUT2D eigenvalue weighted by atomic mass is 16.5. The lowest BCUT2D eigenvalue weighted by molar-refractivity contribution is -0.133. The molecule has 0 aromatic carbocycles. The molecule has 0 aliphatic carbocycles. The molecule has 2 N–H and O–H groups in total. The van der Waals surface area contributed by atoms with Gasteiger partial charge in [-0.25, -0.2) is 0 Å². The third kappa shape index (κ3) is 5.25. The molecule has 0 saturated carbocycles. The van der Waals surface area contributed by atoms with Crippen molar-refractivity contribution >= 4 is 11.8 Å². The van der Waals surface area contributed by atoms with Crippen LogP contribution in [0.4, 0.5) is 0 Å². The van der Waals surface area contributed by atoms with Crippen LogP contribution in [0.15, 0.2) is 0 Å². The normalized spacial score (nSPS) is 25.2. The molecule has 2 atom stereocenters. The van der Waals surface area contributed by atoms with Gasteiger partial charge in [0.25, 0.3) is 0 Å². The van der Waals surface area contributed by atoms with E-state index in [4.69, 9.17) is 4.74 Å². The van der Waals surface area contributed by atoms with Crippen LogP contribution in [0.5, 0.6) is 0 Å². The lowest BCUT2D eigenvalue weighted by Crippen LogP contribution is -2.46. The third-order valence-corrected chi connectivity index (χ3v) is 4.55. The third-order valence-electron chi connectivity index (χ3n) is 4.55. The van der Waals surface area contributed by atoms with E-state index in [2.05, 4.69) is 10.6 Å². The van der Waals surface area contributed by atoms with E-state index < -0.39 is 0 Å². The molecular weight excluding hydrogens is 282 g/mol. The van der Waals surface area contributed by atoms with Crippen molar-refractivity contribution in [3.8, 4) is 0 Å². The summed E-state index contributed by atoms with van der Waals surface area (Å²) in [5.74, 6) is 0.706. The zero-order valence-electron chi connectivity index (χ0n) is 13.6. The van der Waals surface area contributed by atoms with Gasteiger partial charge in [0, 0.05) is 39.8 Å². The van der Waals surface area contributed by atoms with Crippen LogP contribution in [0, 0.1) is 5.92 Å². The maximum atomic E-state index is 12.1. The number of amides is 2. The summed E-state index contributed by atoms with van der Waals surface area (Å²) in [7, 11) is 1.66. The standard InChI is InChI=1S/C16H29N3O3/c1-22-10-4-7-15(20)19-9-3-5-13(12-19)11-18-16(21)14-6-2-8-17-14/h13-14,17H,2-12H2,1H3,(H,18,21). The van der Waals surface area contributed by atoms with Gasteiger partial charge in [0.2, 0.25) is 11.8 Å². The summed E-state index contributed by atoms with van der Waals surface area (Å²) in [6.07, 6.45) is 5.45. The maximum absolute atomic E-state index is 12.1. The van der Waals surface area contributed by atoms with E-state index in [0.717, 1.165) is 51.7 Å². The minimum Gasteiger partial charge on any atom is -0.385 e. The van der Waals surface area contributed by atoms with Crippen LogP contribution in [0.2, 0.25) is 0 Å².